The predicted molar refractivity (Wildman–Crippen MR) is 76.2 cm³/mol. The number of carbonyl (C=O) groups is 1. The van der Waals surface area contributed by atoms with Crippen LogP contribution in [0.5, 0.6) is 0 Å². The van der Waals surface area contributed by atoms with Crippen molar-refractivity contribution in [3.05, 3.63) is 34.5 Å². The molecule has 3 heterocycles. The zero-order valence-electron chi connectivity index (χ0n) is 10.9. The smallest absolute Gasteiger partial charge is 0.273 e. The Morgan fingerprint density at radius 1 is 1.40 bits per heavy atom. The fourth-order valence-corrected chi connectivity index (χ4v) is 3.05. The van der Waals surface area contributed by atoms with Gasteiger partial charge in [-0.05, 0) is 25.3 Å². The number of likely N-dealkylation sites (tertiary alicyclic amines) is 1. The van der Waals surface area contributed by atoms with Crippen molar-refractivity contribution in [2.45, 2.75) is 25.3 Å². The highest BCUT2D eigenvalue weighted by molar-refractivity contribution is 7.07. The van der Waals surface area contributed by atoms with E-state index < -0.39 is 0 Å². The third kappa shape index (κ3) is 2.49. The highest BCUT2D eigenvalue weighted by atomic mass is 32.1. The molecule has 0 aliphatic carbocycles. The van der Waals surface area contributed by atoms with E-state index >= 15 is 0 Å². The number of thiazole rings is 1. The minimum absolute atomic E-state index is 0.0341. The van der Waals surface area contributed by atoms with Crippen LogP contribution in [0.3, 0.4) is 0 Å². The Labute approximate surface area is 120 Å². The highest BCUT2D eigenvalue weighted by Gasteiger charge is 2.30. The molecule has 1 atom stereocenters. The lowest BCUT2D eigenvalue weighted by atomic mass is 9.98. The third-order valence-corrected chi connectivity index (χ3v) is 4.04. The van der Waals surface area contributed by atoms with Gasteiger partial charge in [-0.2, -0.15) is 0 Å². The minimum Gasteiger partial charge on any atom is -0.368 e. The molecule has 1 aliphatic rings. The van der Waals surface area contributed by atoms with Crippen molar-refractivity contribution in [2.75, 3.05) is 12.3 Å². The van der Waals surface area contributed by atoms with Crippen molar-refractivity contribution in [1.29, 1.82) is 0 Å². The second-order valence-electron chi connectivity index (χ2n) is 4.72. The van der Waals surface area contributed by atoms with E-state index in [-0.39, 0.29) is 17.9 Å². The topological polar surface area (TPSA) is 85.0 Å². The van der Waals surface area contributed by atoms with E-state index in [9.17, 15) is 4.79 Å². The summed E-state index contributed by atoms with van der Waals surface area (Å²) in [5.74, 6) is 0.210. The second kappa shape index (κ2) is 5.54. The first-order valence-corrected chi connectivity index (χ1v) is 7.47. The van der Waals surface area contributed by atoms with E-state index in [1.54, 1.807) is 17.1 Å². The fraction of sp³-hybridized carbons (Fsp3) is 0.385. The van der Waals surface area contributed by atoms with E-state index in [1.165, 1.54) is 11.3 Å². The van der Waals surface area contributed by atoms with Crippen molar-refractivity contribution in [2.24, 2.45) is 0 Å². The van der Waals surface area contributed by atoms with Crippen LogP contribution < -0.4 is 5.73 Å². The predicted octanol–water partition coefficient (Wildman–Crippen LogP) is 1.88. The largest absolute Gasteiger partial charge is 0.368 e. The lowest BCUT2D eigenvalue weighted by Crippen LogP contribution is -2.39. The van der Waals surface area contributed by atoms with Crippen molar-refractivity contribution in [3.8, 4) is 0 Å². The van der Waals surface area contributed by atoms with Crippen molar-refractivity contribution >= 4 is 23.2 Å². The van der Waals surface area contributed by atoms with Gasteiger partial charge in [-0.3, -0.25) is 4.79 Å². The number of nitrogen functional groups attached to an aromatic ring is 1. The number of amides is 1. The molecule has 1 amide bonds. The van der Waals surface area contributed by atoms with Crippen molar-refractivity contribution < 1.29 is 4.79 Å². The van der Waals surface area contributed by atoms with Gasteiger partial charge in [-0.15, -0.1) is 11.3 Å². The first kappa shape index (κ1) is 13.0. The summed E-state index contributed by atoms with van der Waals surface area (Å²) >= 11 is 1.43. The molecule has 20 heavy (non-hydrogen) atoms. The van der Waals surface area contributed by atoms with Gasteiger partial charge >= 0.3 is 0 Å². The van der Waals surface area contributed by atoms with Gasteiger partial charge in [0, 0.05) is 18.1 Å². The van der Waals surface area contributed by atoms with Gasteiger partial charge in [0.15, 0.2) is 0 Å². The Bertz CT molecular complexity index is 601. The van der Waals surface area contributed by atoms with Gasteiger partial charge in [0.1, 0.15) is 5.69 Å². The summed E-state index contributed by atoms with van der Waals surface area (Å²) in [7, 11) is 0. The molecule has 104 valence electrons. The molecule has 2 aromatic rings. The first-order valence-electron chi connectivity index (χ1n) is 6.53. The second-order valence-corrected chi connectivity index (χ2v) is 5.44. The first-order chi connectivity index (χ1) is 9.75. The minimum atomic E-state index is -0.0387. The monoisotopic (exact) mass is 289 g/mol. The van der Waals surface area contributed by atoms with Crippen LogP contribution in [0.2, 0.25) is 0 Å². The molecule has 1 fully saturated rings. The van der Waals surface area contributed by atoms with Crippen LogP contribution in [0.4, 0.5) is 5.95 Å². The summed E-state index contributed by atoms with van der Waals surface area (Å²) in [5, 5.41) is 1.78. The van der Waals surface area contributed by atoms with Crippen LogP contribution in [-0.4, -0.2) is 32.3 Å². The molecule has 0 aromatic carbocycles. The SMILES string of the molecule is Nc1nccc([C@@H]2CCCCN2C(=O)c2cscn2)n1. The van der Waals surface area contributed by atoms with Gasteiger partial charge < -0.3 is 10.6 Å². The molecule has 0 unspecified atom stereocenters. The summed E-state index contributed by atoms with van der Waals surface area (Å²) < 4.78 is 0. The van der Waals surface area contributed by atoms with E-state index in [0.29, 0.717) is 5.69 Å². The number of rotatable bonds is 2. The van der Waals surface area contributed by atoms with Crippen molar-refractivity contribution in [1.82, 2.24) is 19.9 Å². The number of nitrogens with two attached hydrogens (primary N) is 1. The summed E-state index contributed by atoms with van der Waals surface area (Å²) in [6.45, 7) is 0.727. The Kier molecular flexibility index (Phi) is 3.60. The number of anilines is 1. The number of piperidine rings is 1. The van der Waals surface area contributed by atoms with Crippen LogP contribution >= 0.6 is 11.3 Å². The maximum atomic E-state index is 12.5. The Balaban J connectivity index is 1.89. The van der Waals surface area contributed by atoms with Crippen LogP contribution in [0.1, 0.15) is 41.5 Å². The molecule has 0 saturated carbocycles. The molecule has 1 aliphatic heterocycles. The van der Waals surface area contributed by atoms with E-state index in [2.05, 4.69) is 15.0 Å². The number of hydrogen-bond donors (Lipinski definition) is 1. The van der Waals surface area contributed by atoms with Crippen LogP contribution in [-0.2, 0) is 0 Å². The van der Waals surface area contributed by atoms with Crippen molar-refractivity contribution in [3.63, 3.8) is 0 Å². The molecule has 2 N–H and O–H groups in total. The zero-order valence-corrected chi connectivity index (χ0v) is 11.7. The molecule has 1 saturated heterocycles. The quantitative estimate of drug-likeness (QED) is 0.912. The molecule has 0 spiro atoms. The molecule has 0 bridgehead atoms. The molecule has 0 radical (unpaired) electrons. The maximum absolute atomic E-state index is 12.5. The Hall–Kier alpha value is -2.02. The Morgan fingerprint density at radius 2 is 2.30 bits per heavy atom. The molecular weight excluding hydrogens is 274 g/mol. The summed E-state index contributed by atoms with van der Waals surface area (Å²) in [4.78, 5) is 26.7. The Morgan fingerprint density at radius 3 is 3.05 bits per heavy atom. The fourth-order valence-electron chi connectivity index (χ4n) is 2.52. The van der Waals surface area contributed by atoms with E-state index in [0.717, 1.165) is 31.5 Å². The van der Waals surface area contributed by atoms with Gasteiger partial charge in [-0.1, -0.05) is 0 Å². The lowest BCUT2D eigenvalue weighted by molar-refractivity contribution is 0.0601. The molecule has 2 aromatic heterocycles. The number of carbonyl (C=O) groups excluding carboxylic acids is 1. The van der Waals surface area contributed by atoms with Gasteiger partial charge in [0.05, 0.1) is 17.2 Å². The zero-order chi connectivity index (χ0) is 13.9. The number of aromatic nitrogens is 3. The van der Waals surface area contributed by atoms with E-state index in [1.807, 2.05) is 11.0 Å². The van der Waals surface area contributed by atoms with Gasteiger partial charge in [0.2, 0.25) is 5.95 Å². The summed E-state index contributed by atoms with van der Waals surface area (Å²) in [6.07, 6.45) is 4.62. The highest BCUT2D eigenvalue weighted by Crippen LogP contribution is 2.31. The van der Waals surface area contributed by atoms with Gasteiger partial charge in [-0.25, -0.2) is 15.0 Å². The molecular formula is C13H15N5OS. The van der Waals surface area contributed by atoms with Crippen LogP contribution in [0, 0.1) is 0 Å². The lowest BCUT2D eigenvalue weighted by Gasteiger charge is -2.34. The van der Waals surface area contributed by atoms with E-state index in [4.69, 9.17) is 5.73 Å². The summed E-state index contributed by atoms with van der Waals surface area (Å²) in [6, 6.07) is 1.79. The summed E-state index contributed by atoms with van der Waals surface area (Å²) in [5.41, 5.74) is 8.63. The third-order valence-electron chi connectivity index (χ3n) is 3.45. The average Bonchev–Trinajstić information content (AvgIpc) is 3.01. The maximum Gasteiger partial charge on any atom is 0.273 e. The molecule has 3 rings (SSSR count). The average molecular weight is 289 g/mol. The standard InChI is InChI=1S/C13H15N5OS/c14-13-15-5-4-9(17-13)11-3-1-2-6-18(11)12(19)10-7-20-8-16-10/h4-5,7-8,11H,1-3,6H2,(H2,14,15,17)/t11-/m0/s1. The number of nitrogens with zero attached hydrogens (tertiary/aromatic N) is 4. The molecule has 6 nitrogen and oxygen atoms in total. The van der Waals surface area contributed by atoms with Gasteiger partial charge in [0.25, 0.3) is 5.91 Å². The van der Waals surface area contributed by atoms with Crippen LogP contribution in [0.15, 0.2) is 23.2 Å². The molecule has 7 heteroatoms. The number of hydrogen-bond acceptors (Lipinski definition) is 6. The normalized spacial score (nSPS) is 19.0. The van der Waals surface area contributed by atoms with Crippen LogP contribution in [0.25, 0.3) is 0 Å².